The minimum atomic E-state index is -1.07. The van der Waals surface area contributed by atoms with E-state index in [1.807, 2.05) is 0 Å². The van der Waals surface area contributed by atoms with E-state index in [0.29, 0.717) is 12.8 Å². The van der Waals surface area contributed by atoms with Crippen LogP contribution in [0.4, 0.5) is 4.79 Å². The fourth-order valence-electron chi connectivity index (χ4n) is 2.15. The molecule has 0 saturated heterocycles. The largest absolute Gasteiger partial charge is 0.469 e. The summed E-state index contributed by atoms with van der Waals surface area (Å²) in [6.07, 6.45) is 3.51. The number of hydrogen-bond acceptors (Lipinski definition) is 3. The van der Waals surface area contributed by atoms with Crippen LogP contribution in [0.5, 0.6) is 0 Å². The lowest BCUT2D eigenvalue weighted by molar-refractivity contribution is -0.142. The van der Waals surface area contributed by atoms with E-state index in [9.17, 15) is 9.59 Å². The zero-order chi connectivity index (χ0) is 11.3. The van der Waals surface area contributed by atoms with Gasteiger partial charge in [-0.15, -0.1) is 0 Å². The van der Waals surface area contributed by atoms with Crippen molar-refractivity contribution in [2.24, 2.45) is 0 Å². The van der Waals surface area contributed by atoms with E-state index < -0.39 is 11.6 Å². The Labute approximate surface area is 88.8 Å². The molecule has 0 bridgehead atoms. The first kappa shape index (κ1) is 11.8. The zero-order valence-corrected chi connectivity index (χ0v) is 8.91. The Morgan fingerprint density at radius 1 is 1.33 bits per heavy atom. The molecule has 0 unspecified atom stereocenters. The minimum Gasteiger partial charge on any atom is -0.469 e. The van der Waals surface area contributed by atoms with Crippen molar-refractivity contribution in [2.75, 3.05) is 7.11 Å². The Bertz CT molecular complexity index is 246. The molecule has 0 aliphatic heterocycles. The van der Waals surface area contributed by atoms with E-state index in [-0.39, 0.29) is 12.4 Å². The van der Waals surface area contributed by atoms with Gasteiger partial charge in [-0.25, -0.2) is 4.79 Å². The van der Waals surface area contributed by atoms with Crippen LogP contribution in [0, 0.1) is 0 Å². The van der Waals surface area contributed by atoms with Gasteiger partial charge in [0.05, 0.1) is 19.1 Å². The molecule has 1 fully saturated rings. The lowest BCUT2D eigenvalue weighted by atomic mass is 9.79. The first-order valence-electron chi connectivity index (χ1n) is 5.16. The van der Waals surface area contributed by atoms with Crippen LogP contribution >= 0.6 is 0 Å². The van der Waals surface area contributed by atoms with Gasteiger partial charge in [-0.05, 0) is 12.8 Å². The predicted molar refractivity (Wildman–Crippen MR) is 53.6 cm³/mol. The normalized spacial score (nSPS) is 19.3. The number of carboxylic acid groups (broad SMARTS) is 1. The van der Waals surface area contributed by atoms with Crippen molar-refractivity contribution in [1.82, 2.24) is 5.32 Å². The van der Waals surface area contributed by atoms with Gasteiger partial charge in [-0.1, -0.05) is 19.3 Å². The molecule has 0 aromatic heterocycles. The molecule has 0 aromatic rings. The monoisotopic (exact) mass is 215 g/mol. The van der Waals surface area contributed by atoms with E-state index in [1.165, 1.54) is 7.11 Å². The van der Waals surface area contributed by atoms with E-state index in [0.717, 1.165) is 19.3 Å². The summed E-state index contributed by atoms with van der Waals surface area (Å²) >= 11 is 0. The standard InChI is InChI=1S/C10H17NO4/c1-15-8(12)7-10(11-9(13)14)5-3-2-4-6-10/h11H,2-7H2,1H3,(H,13,14). The second-order valence-corrected chi connectivity index (χ2v) is 4.02. The Balaban J connectivity index is 2.65. The molecule has 0 radical (unpaired) electrons. The maximum atomic E-state index is 11.2. The van der Waals surface area contributed by atoms with Crippen molar-refractivity contribution in [1.29, 1.82) is 0 Å². The average molecular weight is 215 g/mol. The fraction of sp³-hybridized carbons (Fsp3) is 0.800. The Hall–Kier alpha value is -1.26. The van der Waals surface area contributed by atoms with Gasteiger partial charge in [-0.2, -0.15) is 0 Å². The quantitative estimate of drug-likeness (QED) is 0.700. The number of carbonyl (C=O) groups is 2. The van der Waals surface area contributed by atoms with Crippen LogP contribution < -0.4 is 5.32 Å². The third-order valence-corrected chi connectivity index (χ3v) is 2.89. The second-order valence-electron chi connectivity index (χ2n) is 4.02. The molecule has 5 heteroatoms. The third kappa shape index (κ3) is 3.42. The molecule has 1 rings (SSSR count). The van der Waals surface area contributed by atoms with Gasteiger partial charge < -0.3 is 15.2 Å². The van der Waals surface area contributed by atoms with Crippen molar-refractivity contribution in [3.8, 4) is 0 Å². The maximum absolute atomic E-state index is 11.2. The van der Waals surface area contributed by atoms with Crippen molar-refractivity contribution in [3.05, 3.63) is 0 Å². The van der Waals surface area contributed by atoms with E-state index in [2.05, 4.69) is 10.1 Å². The van der Waals surface area contributed by atoms with Crippen LogP contribution in [0.3, 0.4) is 0 Å². The number of hydrogen-bond donors (Lipinski definition) is 2. The number of amides is 1. The molecule has 0 heterocycles. The molecule has 2 N–H and O–H groups in total. The van der Waals surface area contributed by atoms with Crippen molar-refractivity contribution in [3.63, 3.8) is 0 Å². The van der Waals surface area contributed by atoms with Crippen LogP contribution in [-0.4, -0.2) is 29.8 Å². The molecule has 1 saturated carbocycles. The summed E-state index contributed by atoms with van der Waals surface area (Å²) in [6.45, 7) is 0. The molecule has 1 aliphatic carbocycles. The first-order valence-corrected chi connectivity index (χ1v) is 5.16. The van der Waals surface area contributed by atoms with E-state index in [4.69, 9.17) is 5.11 Å². The van der Waals surface area contributed by atoms with Crippen LogP contribution in [-0.2, 0) is 9.53 Å². The molecule has 1 aliphatic rings. The number of ether oxygens (including phenoxy) is 1. The van der Waals surface area contributed by atoms with Crippen LogP contribution in [0.25, 0.3) is 0 Å². The predicted octanol–water partition coefficient (Wildman–Crippen LogP) is 1.52. The van der Waals surface area contributed by atoms with Gasteiger partial charge in [0.15, 0.2) is 0 Å². The molecule has 0 aromatic carbocycles. The lowest BCUT2D eigenvalue weighted by Gasteiger charge is -2.36. The Morgan fingerprint density at radius 2 is 1.93 bits per heavy atom. The highest BCUT2D eigenvalue weighted by molar-refractivity contribution is 5.73. The highest BCUT2D eigenvalue weighted by Gasteiger charge is 2.36. The van der Waals surface area contributed by atoms with Gasteiger partial charge in [0.2, 0.25) is 0 Å². The summed E-state index contributed by atoms with van der Waals surface area (Å²) in [5.41, 5.74) is -0.600. The number of rotatable bonds is 3. The number of nitrogens with one attached hydrogen (secondary N) is 1. The van der Waals surface area contributed by atoms with Crippen molar-refractivity contribution in [2.45, 2.75) is 44.1 Å². The molecule has 0 spiro atoms. The van der Waals surface area contributed by atoms with Crippen LogP contribution in [0.2, 0.25) is 0 Å². The van der Waals surface area contributed by atoms with Crippen molar-refractivity contribution < 1.29 is 19.4 Å². The summed E-state index contributed by atoms with van der Waals surface area (Å²) in [5, 5.41) is 11.2. The highest BCUT2D eigenvalue weighted by atomic mass is 16.5. The summed E-state index contributed by atoms with van der Waals surface area (Å²) < 4.78 is 4.59. The molecule has 86 valence electrons. The highest BCUT2D eigenvalue weighted by Crippen LogP contribution is 2.31. The average Bonchev–Trinajstić information content (AvgIpc) is 2.17. The Morgan fingerprint density at radius 3 is 2.40 bits per heavy atom. The molecule has 0 atom stereocenters. The SMILES string of the molecule is COC(=O)CC1(NC(=O)O)CCCCC1. The molecule has 15 heavy (non-hydrogen) atoms. The van der Waals surface area contributed by atoms with Gasteiger partial charge in [0.1, 0.15) is 0 Å². The number of carbonyl (C=O) groups excluding carboxylic acids is 1. The second kappa shape index (κ2) is 5.00. The lowest BCUT2D eigenvalue weighted by Crippen LogP contribution is -2.50. The van der Waals surface area contributed by atoms with Gasteiger partial charge in [-0.3, -0.25) is 4.79 Å². The van der Waals surface area contributed by atoms with E-state index in [1.54, 1.807) is 0 Å². The maximum Gasteiger partial charge on any atom is 0.405 e. The minimum absolute atomic E-state index is 0.135. The summed E-state index contributed by atoms with van der Waals surface area (Å²) in [7, 11) is 1.32. The zero-order valence-electron chi connectivity index (χ0n) is 8.91. The third-order valence-electron chi connectivity index (χ3n) is 2.89. The molecular formula is C10H17NO4. The van der Waals surface area contributed by atoms with Gasteiger partial charge in [0, 0.05) is 0 Å². The Kier molecular flexibility index (Phi) is 3.94. The van der Waals surface area contributed by atoms with Gasteiger partial charge in [0.25, 0.3) is 0 Å². The number of esters is 1. The van der Waals surface area contributed by atoms with Gasteiger partial charge >= 0.3 is 12.1 Å². The molecular weight excluding hydrogens is 198 g/mol. The molecule has 5 nitrogen and oxygen atoms in total. The van der Waals surface area contributed by atoms with Crippen molar-refractivity contribution >= 4 is 12.1 Å². The summed E-state index contributed by atoms with van der Waals surface area (Å²) in [6, 6.07) is 0. The topological polar surface area (TPSA) is 75.6 Å². The smallest absolute Gasteiger partial charge is 0.405 e. The van der Waals surface area contributed by atoms with Crippen LogP contribution in [0.1, 0.15) is 38.5 Å². The number of methoxy groups -OCH3 is 1. The van der Waals surface area contributed by atoms with E-state index >= 15 is 0 Å². The summed E-state index contributed by atoms with van der Waals surface area (Å²) in [4.78, 5) is 21.9. The first-order chi connectivity index (χ1) is 7.08. The van der Waals surface area contributed by atoms with Crippen LogP contribution in [0.15, 0.2) is 0 Å². The fourth-order valence-corrected chi connectivity index (χ4v) is 2.15. The summed E-state index contributed by atoms with van der Waals surface area (Å²) in [5.74, 6) is -0.356. The molecule has 1 amide bonds.